The monoisotopic (exact) mass is 287 g/mol. The number of carbonyl (C=O) groups excluding carboxylic acids is 1. The number of hydrogen-bond donors (Lipinski definition) is 2. The van der Waals surface area contributed by atoms with Crippen LogP contribution in [0.15, 0.2) is 12.4 Å². The van der Waals surface area contributed by atoms with Crippen molar-refractivity contribution in [3.8, 4) is 0 Å². The first kappa shape index (κ1) is 15.2. The molecule has 0 fully saturated rings. The van der Waals surface area contributed by atoms with E-state index >= 15 is 0 Å². The van der Waals surface area contributed by atoms with Crippen molar-refractivity contribution in [2.24, 2.45) is 0 Å². The van der Waals surface area contributed by atoms with Gasteiger partial charge in [0.25, 0.3) is 0 Å². The fourth-order valence-corrected chi connectivity index (χ4v) is 2.42. The number of fused-ring (bicyclic) bond motifs is 1. The maximum absolute atomic E-state index is 11.9. The second kappa shape index (κ2) is 6.47. The minimum Gasteiger partial charge on any atom is -0.358 e. The van der Waals surface area contributed by atoms with Crippen molar-refractivity contribution < 1.29 is 4.79 Å². The minimum atomic E-state index is -0.307. The van der Waals surface area contributed by atoms with Crippen LogP contribution in [0.4, 0.5) is 5.82 Å². The van der Waals surface area contributed by atoms with Gasteiger partial charge < -0.3 is 10.6 Å². The van der Waals surface area contributed by atoms with Crippen LogP contribution in [-0.4, -0.2) is 33.9 Å². The van der Waals surface area contributed by atoms with Crippen LogP contribution in [0.1, 0.15) is 31.0 Å². The summed E-state index contributed by atoms with van der Waals surface area (Å²) in [5, 5.41) is 6.78. The van der Waals surface area contributed by atoms with Crippen molar-refractivity contribution in [2.75, 3.05) is 12.4 Å². The number of amides is 1. The molecular weight excluding hydrogens is 266 g/mol. The first-order valence-electron chi connectivity index (χ1n) is 7.14. The molecule has 2 aromatic heterocycles. The highest BCUT2D eigenvalue weighted by Crippen LogP contribution is 2.23. The number of rotatable bonds is 5. The summed E-state index contributed by atoms with van der Waals surface area (Å²) in [5.74, 6) is 0.619. The Morgan fingerprint density at radius 2 is 2.10 bits per heavy atom. The fraction of sp³-hybridized carbons (Fsp3) is 0.467. The molecule has 112 valence electrons. The van der Waals surface area contributed by atoms with E-state index in [1.54, 1.807) is 7.05 Å². The molecule has 1 atom stereocenters. The molecule has 0 bridgehead atoms. The number of aryl methyl sites for hydroxylation is 2. The SMILES string of the molecule is CCC[C@@H](Nc1ncnc2nc(C)cc(C)c12)C(=O)NC. The third kappa shape index (κ3) is 3.26. The Morgan fingerprint density at radius 1 is 1.33 bits per heavy atom. The van der Waals surface area contributed by atoms with Crippen LogP contribution in [-0.2, 0) is 4.79 Å². The minimum absolute atomic E-state index is 0.0404. The lowest BCUT2D eigenvalue weighted by Crippen LogP contribution is -2.38. The van der Waals surface area contributed by atoms with Crippen molar-refractivity contribution in [2.45, 2.75) is 39.7 Å². The maximum atomic E-state index is 11.9. The van der Waals surface area contributed by atoms with Gasteiger partial charge in [-0.15, -0.1) is 0 Å². The Bertz CT molecular complexity index is 656. The Kier molecular flexibility index (Phi) is 4.67. The zero-order chi connectivity index (χ0) is 15.4. The summed E-state index contributed by atoms with van der Waals surface area (Å²) in [5.41, 5.74) is 2.62. The standard InChI is InChI=1S/C15H21N5O/c1-5-6-11(15(21)16-4)20-14-12-9(2)7-10(3)19-13(12)17-8-18-14/h7-8,11H,5-6H2,1-4H3,(H,16,21)(H,17,18,19,20)/t11-/m1/s1. The molecule has 0 aromatic carbocycles. The Labute approximate surface area is 124 Å². The normalized spacial score (nSPS) is 12.2. The molecule has 0 aliphatic carbocycles. The van der Waals surface area contributed by atoms with Crippen LogP contribution in [0, 0.1) is 13.8 Å². The van der Waals surface area contributed by atoms with Crippen LogP contribution in [0.5, 0.6) is 0 Å². The van der Waals surface area contributed by atoms with Crippen LogP contribution >= 0.6 is 0 Å². The summed E-state index contributed by atoms with van der Waals surface area (Å²) in [7, 11) is 1.64. The molecule has 0 aliphatic heterocycles. The molecule has 0 saturated carbocycles. The van der Waals surface area contributed by atoms with Gasteiger partial charge in [0, 0.05) is 12.7 Å². The molecular formula is C15H21N5O. The predicted molar refractivity (Wildman–Crippen MR) is 83.2 cm³/mol. The summed E-state index contributed by atoms with van der Waals surface area (Å²) in [6, 6.07) is 1.68. The van der Waals surface area contributed by atoms with Gasteiger partial charge in [-0.3, -0.25) is 4.79 Å². The second-order valence-corrected chi connectivity index (χ2v) is 5.10. The van der Waals surface area contributed by atoms with Crippen molar-refractivity contribution >= 4 is 22.8 Å². The van der Waals surface area contributed by atoms with Gasteiger partial charge >= 0.3 is 0 Å². The van der Waals surface area contributed by atoms with E-state index < -0.39 is 0 Å². The van der Waals surface area contributed by atoms with Gasteiger partial charge in [0.05, 0.1) is 5.39 Å². The van der Waals surface area contributed by atoms with Crippen molar-refractivity contribution in [1.82, 2.24) is 20.3 Å². The highest BCUT2D eigenvalue weighted by atomic mass is 16.2. The first-order valence-corrected chi connectivity index (χ1v) is 7.14. The van der Waals surface area contributed by atoms with Crippen LogP contribution in [0.2, 0.25) is 0 Å². The number of anilines is 1. The number of likely N-dealkylation sites (N-methyl/N-ethyl adjacent to an activating group) is 1. The zero-order valence-electron chi connectivity index (χ0n) is 12.9. The summed E-state index contributed by atoms with van der Waals surface area (Å²) in [6.45, 7) is 5.98. The fourth-order valence-electron chi connectivity index (χ4n) is 2.42. The Hall–Kier alpha value is -2.24. The number of nitrogens with one attached hydrogen (secondary N) is 2. The van der Waals surface area contributed by atoms with Gasteiger partial charge in [0.1, 0.15) is 18.2 Å². The summed E-state index contributed by atoms with van der Waals surface area (Å²) in [4.78, 5) is 24.9. The summed E-state index contributed by atoms with van der Waals surface area (Å²) >= 11 is 0. The third-order valence-corrected chi connectivity index (χ3v) is 3.38. The molecule has 0 aliphatic rings. The zero-order valence-corrected chi connectivity index (χ0v) is 12.9. The van der Waals surface area contributed by atoms with E-state index in [1.807, 2.05) is 26.8 Å². The number of carbonyl (C=O) groups is 1. The lowest BCUT2D eigenvalue weighted by Gasteiger charge is -2.18. The molecule has 0 spiro atoms. The van der Waals surface area contributed by atoms with Gasteiger partial charge in [-0.25, -0.2) is 15.0 Å². The van der Waals surface area contributed by atoms with Crippen LogP contribution in [0.25, 0.3) is 11.0 Å². The quantitative estimate of drug-likeness (QED) is 0.879. The van der Waals surface area contributed by atoms with Crippen LogP contribution in [0.3, 0.4) is 0 Å². The molecule has 6 nitrogen and oxygen atoms in total. The molecule has 0 unspecified atom stereocenters. The van der Waals surface area contributed by atoms with E-state index in [-0.39, 0.29) is 11.9 Å². The second-order valence-electron chi connectivity index (χ2n) is 5.10. The smallest absolute Gasteiger partial charge is 0.242 e. The van der Waals surface area contributed by atoms with E-state index in [1.165, 1.54) is 6.33 Å². The molecule has 1 amide bonds. The van der Waals surface area contributed by atoms with E-state index in [0.29, 0.717) is 11.5 Å². The summed E-state index contributed by atoms with van der Waals surface area (Å²) < 4.78 is 0. The van der Waals surface area contributed by atoms with E-state index in [0.717, 1.165) is 29.5 Å². The lowest BCUT2D eigenvalue weighted by molar-refractivity contribution is -0.121. The Balaban J connectivity index is 2.44. The molecule has 2 aromatic rings. The number of aromatic nitrogens is 3. The molecule has 2 heterocycles. The molecule has 6 heteroatoms. The highest BCUT2D eigenvalue weighted by Gasteiger charge is 2.18. The van der Waals surface area contributed by atoms with Gasteiger partial charge in [0.2, 0.25) is 5.91 Å². The van der Waals surface area contributed by atoms with E-state index in [2.05, 4.69) is 25.6 Å². The van der Waals surface area contributed by atoms with Crippen molar-refractivity contribution in [1.29, 1.82) is 0 Å². The molecule has 0 radical (unpaired) electrons. The molecule has 0 saturated heterocycles. The van der Waals surface area contributed by atoms with E-state index in [9.17, 15) is 4.79 Å². The maximum Gasteiger partial charge on any atom is 0.242 e. The number of nitrogens with zero attached hydrogens (tertiary/aromatic N) is 3. The van der Waals surface area contributed by atoms with Gasteiger partial charge in [-0.1, -0.05) is 13.3 Å². The van der Waals surface area contributed by atoms with Crippen molar-refractivity contribution in [3.05, 3.63) is 23.7 Å². The topological polar surface area (TPSA) is 79.8 Å². The third-order valence-electron chi connectivity index (χ3n) is 3.38. The highest BCUT2D eigenvalue weighted by molar-refractivity contribution is 5.92. The average molecular weight is 287 g/mol. The van der Waals surface area contributed by atoms with Gasteiger partial charge in [-0.05, 0) is 31.9 Å². The lowest BCUT2D eigenvalue weighted by atomic mass is 10.1. The molecule has 2 rings (SSSR count). The average Bonchev–Trinajstić information content (AvgIpc) is 2.45. The van der Waals surface area contributed by atoms with Crippen molar-refractivity contribution in [3.63, 3.8) is 0 Å². The largest absolute Gasteiger partial charge is 0.358 e. The van der Waals surface area contributed by atoms with E-state index in [4.69, 9.17) is 0 Å². The van der Waals surface area contributed by atoms with Gasteiger partial charge in [-0.2, -0.15) is 0 Å². The Morgan fingerprint density at radius 3 is 2.76 bits per heavy atom. The molecule has 2 N–H and O–H groups in total. The van der Waals surface area contributed by atoms with Crippen LogP contribution < -0.4 is 10.6 Å². The molecule has 21 heavy (non-hydrogen) atoms. The number of hydrogen-bond acceptors (Lipinski definition) is 5. The predicted octanol–water partition coefficient (Wildman–Crippen LogP) is 1.97. The van der Waals surface area contributed by atoms with Gasteiger partial charge in [0.15, 0.2) is 5.65 Å². The number of pyridine rings is 1. The summed E-state index contributed by atoms with van der Waals surface area (Å²) in [6.07, 6.45) is 3.12. The first-order chi connectivity index (χ1) is 10.1.